The Bertz CT molecular complexity index is 545. The molecule has 18 heavy (non-hydrogen) atoms. The molecule has 1 heterocycles. The first-order valence-electron chi connectivity index (χ1n) is 5.60. The Balaban J connectivity index is 1.86. The summed E-state index contributed by atoms with van der Waals surface area (Å²) in [5.41, 5.74) is 3.42. The number of hydrogen-bond donors (Lipinski definition) is 1. The minimum absolute atomic E-state index is 0.178. The van der Waals surface area contributed by atoms with E-state index < -0.39 is 0 Å². The van der Waals surface area contributed by atoms with Gasteiger partial charge >= 0.3 is 0 Å². The summed E-state index contributed by atoms with van der Waals surface area (Å²) in [5.74, 6) is 0.625. The number of amides is 1. The van der Waals surface area contributed by atoms with Crippen molar-refractivity contribution >= 4 is 12.1 Å². The van der Waals surface area contributed by atoms with Gasteiger partial charge in [-0.25, -0.2) is 10.4 Å². The van der Waals surface area contributed by atoms with E-state index in [-0.39, 0.29) is 12.5 Å². The van der Waals surface area contributed by atoms with Crippen LogP contribution in [-0.4, -0.2) is 21.7 Å². The van der Waals surface area contributed by atoms with Crippen LogP contribution in [0.5, 0.6) is 0 Å². The lowest BCUT2D eigenvalue weighted by Gasteiger charge is -2.02. The number of nitrogens with zero attached hydrogens (tertiary/aromatic N) is 3. The maximum atomic E-state index is 11.6. The Morgan fingerprint density at radius 3 is 2.89 bits per heavy atom. The molecule has 5 nitrogen and oxygen atoms in total. The van der Waals surface area contributed by atoms with E-state index in [1.54, 1.807) is 23.2 Å². The van der Waals surface area contributed by atoms with Crippen LogP contribution in [0.3, 0.4) is 0 Å². The summed E-state index contributed by atoms with van der Waals surface area (Å²) in [6.07, 6.45) is 5.03. The van der Waals surface area contributed by atoms with Crippen LogP contribution >= 0.6 is 0 Å². The van der Waals surface area contributed by atoms with Gasteiger partial charge in [-0.15, -0.1) is 0 Å². The van der Waals surface area contributed by atoms with E-state index in [0.29, 0.717) is 0 Å². The first kappa shape index (κ1) is 12.0. The molecule has 1 aromatic carbocycles. The van der Waals surface area contributed by atoms with Gasteiger partial charge in [0, 0.05) is 12.4 Å². The second-order valence-electron chi connectivity index (χ2n) is 3.81. The summed E-state index contributed by atoms with van der Waals surface area (Å²) in [5, 5.41) is 3.89. The number of rotatable bonds is 4. The maximum absolute atomic E-state index is 11.6. The second kappa shape index (κ2) is 5.77. The topological polar surface area (TPSA) is 59.3 Å². The highest BCUT2D eigenvalue weighted by atomic mass is 16.2. The van der Waals surface area contributed by atoms with Crippen molar-refractivity contribution in [2.24, 2.45) is 5.10 Å². The van der Waals surface area contributed by atoms with E-state index in [9.17, 15) is 4.79 Å². The lowest BCUT2D eigenvalue weighted by molar-refractivity contribution is -0.121. The van der Waals surface area contributed by atoms with Gasteiger partial charge in [0.05, 0.1) is 6.21 Å². The highest BCUT2D eigenvalue weighted by Crippen LogP contribution is 1.95. The monoisotopic (exact) mass is 242 g/mol. The average molecular weight is 242 g/mol. The van der Waals surface area contributed by atoms with Gasteiger partial charge < -0.3 is 4.57 Å². The third-order valence-electron chi connectivity index (χ3n) is 2.44. The van der Waals surface area contributed by atoms with Crippen molar-refractivity contribution in [1.29, 1.82) is 0 Å². The Kier molecular flexibility index (Phi) is 3.86. The first-order valence-corrected chi connectivity index (χ1v) is 5.60. The van der Waals surface area contributed by atoms with E-state index >= 15 is 0 Å². The molecule has 0 saturated carbocycles. The summed E-state index contributed by atoms with van der Waals surface area (Å²) < 4.78 is 1.76. The molecule has 0 saturated heterocycles. The lowest BCUT2D eigenvalue weighted by atomic mass is 10.2. The van der Waals surface area contributed by atoms with Crippen molar-refractivity contribution in [1.82, 2.24) is 15.0 Å². The Hall–Kier alpha value is -2.43. The van der Waals surface area contributed by atoms with Gasteiger partial charge in [0.1, 0.15) is 12.4 Å². The third kappa shape index (κ3) is 3.28. The number of hydrogen-bond acceptors (Lipinski definition) is 3. The van der Waals surface area contributed by atoms with Crippen LogP contribution in [0.2, 0.25) is 0 Å². The molecule has 2 aromatic rings. The molecule has 2 rings (SSSR count). The zero-order chi connectivity index (χ0) is 12.8. The summed E-state index contributed by atoms with van der Waals surface area (Å²) in [4.78, 5) is 15.6. The Morgan fingerprint density at radius 1 is 1.44 bits per heavy atom. The number of nitrogens with one attached hydrogen (secondary N) is 1. The van der Waals surface area contributed by atoms with Crippen molar-refractivity contribution in [2.75, 3.05) is 0 Å². The summed E-state index contributed by atoms with van der Waals surface area (Å²) >= 11 is 0. The Morgan fingerprint density at radius 2 is 2.22 bits per heavy atom. The smallest absolute Gasteiger partial charge is 0.260 e. The van der Waals surface area contributed by atoms with Gasteiger partial charge in [-0.05, 0) is 12.5 Å². The molecule has 0 aliphatic rings. The predicted molar refractivity (Wildman–Crippen MR) is 69.1 cm³/mol. The predicted octanol–water partition coefficient (Wildman–Crippen LogP) is 1.34. The van der Waals surface area contributed by atoms with Crippen LogP contribution in [0.25, 0.3) is 0 Å². The number of aromatic nitrogens is 2. The van der Waals surface area contributed by atoms with E-state index in [4.69, 9.17) is 0 Å². The molecule has 1 amide bonds. The number of carbonyl (C=O) groups is 1. The van der Waals surface area contributed by atoms with Crippen molar-refractivity contribution < 1.29 is 4.79 Å². The molecule has 5 heteroatoms. The molecular weight excluding hydrogens is 228 g/mol. The molecule has 0 spiro atoms. The molecule has 1 N–H and O–H groups in total. The molecular formula is C13H14N4O. The molecule has 0 aliphatic heterocycles. The SMILES string of the molecule is Cc1nccn1CC(=O)NN=Cc1ccccc1. The minimum atomic E-state index is -0.178. The van der Waals surface area contributed by atoms with Crippen molar-refractivity contribution in [2.45, 2.75) is 13.5 Å². The normalized spacial score (nSPS) is 10.7. The Labute approximate surface area is 105 Å². The summed E-state index contributed by atoms with van der Waals surface area (Å²) in [6, 6.07) is 9.58. The maximum Gasteiger partial charge on any atom is 0.260 e. The fourth-order valence-corrected chi connectivity index (χ4v) is 1.48. The van der Waals surface area contributed by atoms with Crippen LogP contribution in [0.4, 0.5) is 0 Å². The molecule has 0 unspecified atom stereocenters. The molecule has 0 fully saturated rings. The van der Waals surface area contributed by atoms with Crippen molar-refractivity contribution in [3.8, 4) is 0 Å². The molecule has 1 aromatic heterocycles. The van der Waals surface area contributed by atoms with Crippen LogP contribution in [-0.2, 0) is 11.3 Å². The quantitative estimate of drug-likeness (QED) is 0.649. The van der Waals surface area contributed by atoms with E-state index in [1.165, 1.54) is 0 Å². The average Bonchev–Trinajstić information content (AvgIpc) is 2.76. The largest absolute Gasteiger partial charge is 0.326 e. The fourth-order valence-electron chi connectivity index (χ4n) is 1.48. The standard InChI is InChI=1S/C13H14N4O/c1-11-14-7-8-17(11)10-13(18)16-15-9-12-5-3-2-4-6-12/h2-9H,10H2,1H3,(H,16,18). The van der Waals surface area contributed by atoms with Crippen LogP contribution < -0.4 is 5.43 Å². The molecule has 0 aliphatic carbocycles. The number of carbonyl (C=O) groups excluding carboxylic acids is 1. The molecule has 0 bridgehead atoms. The minimum Gasteiger partial charge on any atom is -0.326 e. The van der Waals surface area contributed by atoms with Crippen LogP contribution in [0.1, 0.15) is 11.4 Å². The van der Waals surface area contributed by atoms with Gasteiger partial charge in [0.2, 0.25) is 0 Å². The highest BCUT2D eigenvalue weighted by molar-refractivity contribution is 5.82. The summed E-state index contributed by atoms with van der Waals surface area (Å²) in [7, 11) is 0. The first-order chi connectivity index (χ1) is 8.75. The van der Waals surface area contributed by atoms with Gasteiger partial charge in [-0.3, -0.25) is 4.79 Å². The zero-order valence-corrected chi connectivity index (χ0v) is 10.1. The number of aryl methyl sites for hydroxylation is 1. The molecule has 92 valence electrons. The van der Waals surface area contributed by atoms with Crippen LogP contribution in [0, 0.1) is 6.92 Å². The second-order valence-corrected chi connectivity index (χ2v) is 3.81. The van der Waals surface area contributed by atoms with Gasteiger partial charge in [-0.1, -0.05) is 30.3 Å². The van der Waals surface area contributed by atoms with E-state index in [0.717, 1.165) is 11.4 Å². The summed E-state index contributed by atoms with van der Waals surface area (Å²) in [6.45, 7) is 2.07. The number of hydrazone groups is 1. The number of imidazole rings is 1. The third-order valence-corrected chi connectivity index (χ3v) is 2.44. The zero-order valence-electron chi connectivity index (χ0n) is 10.1. The fraction of sp³-hybridized carbons (Fsp3) is 0.154. The van der Waals surface area contributed by atoms with Gasteiger partial charge in [0.25, 0.3) is 5.91 Å². The van der Waals surface area contributed by atoms with Crippen molar-refractivity contribution in [3.05, 3.63) is 54.1 Å². The highest BCUT2D eigenvalue weighted by Gasteiger charge is 2.02. The van der Waals surface area contributed by atoms with E-state index in [2.05, 4.69) is 15.5 Å². The van der Waals surface area contributed by atoms with Crippen LogP contribution in [0.15, 0.2) is 47.8 Å². The van der Waals surface area contributed by atoms with Crippen molar-refractivity contribution in [3.63, 3.8) is 0 Å². The molecule has 0 atom stereocenters. The molecule has 0 radical (unpaired) electrons. The number of benzene rings is 1. The van der Waals surface area contributed by atoms with Gasteiger partial charge in [-0.2, -0.15) is 5.10 Å². The lowest BCUT2D eigenvalue weighted by Crippen LogP contribution is -2.23. The van der Waals surface area contributed by atoms with Gasteiger partial charge in [0.15, 0.2) is 0 Å². The van der Waals surface area contributed by atoms with E-state index in [1.807, 2.05) is 37.3 Å².